The molecule has 0 heterocycles. The Hall–Kier alpha value is -1.52. The summed E-state index contributed by atoms with van der Waals surface area (Å²) in [7, 11) is 1.60. The van der Waals surface area contributed by atoms with Crippen LogP contribution in [0.4, 0.5) is 13.2 Å². The van der Waals surface area contributed by atoms with E-state index in [1.54, 1.807) is 25.2 Å². The van der Waals surface area contributed by atoms with E-state index >= 15 is 0 Å². The van der Waals surface area contributed by atoms with E-state index in [9.17, 15) is 18.0 Å². The van der Waals surface area contributed by atoms with Gasteiger partial charge in [0.05, 0.1) is 5.92 Å². The van der Waals surface area contributed by atoms with Crippen LogP contribution in [0, 0.1) is 5.92 Å². The zero-order valence-electron chi connectivity index (χ0n) is 12.2. The van der Waals surface area contributed by atoms with Crippen molar-refractivity contribution in [3.05, 3.63) is 35.9 Å². The monoisotopic (exact) mass is 299 g/mol. The van der Waals surface area contributed by atoms with Gasteiger partial charge in [-0.25, -0.2) is 0 Å². The van der Waals surface area contributed by atoms with Crippen LogP contribution in [0.2, 0.25) is 0 Å². The molecule has 2 rings (SSSR count). The topological polar surface area (TPSA) is 20.3 Å². The molecule has 0 bridgehead atoms. The van der Waals surface area contributed by atoms with Crippen LogP contribution < -0.4 is 0 Å². The fourth-order valence-electron chi connectivity index (χ4n) is 2.55. The number of benzene rings is 1. The van der Waals surface area contributed by atoms with Crippen LogP contribution in [-0.4, -0.2) is 30.1 Å². The summed E-state index contributed by atoms with van der Waals surface area (Å²) in [6.07, 6.45) is -2.83. The van der Waals surface area contributed by atoms with Crippen LogP contribution in [0.25, 0.3) is 0 Å². The van der Waals surface area contributed by atoms with Crippen LogP contribution in [0.1, 0.15) is 37.7 Å². The zero-order valence-corrected chi connectivity index (χ0v) is 12.2. The summed E-state index contributed by atoms with van der Waals surface area (Å²) in [5.74, 6) is -1.74. The van der Waals surface area contributed by atoms with Gasteiger partial charge in [0.2, 0.25) is 5.91 Å². The molecule has 0 saturated heterocycles. The van der Waals surface area contributed by atoms with Gasteiger partial charge < -0.3 is 4.90 Å². The highest BCUT2D eigenvalue weighted by molar-refractivity contribution is 5.77. The Morgan fingerprint density at radius 3 is 2.33 bits per heavy atom. The molecule has 1 saturated carbocycles. The molecule has 116 valence electrons. The van der Waals surface area contributed by atoms with Crippen molar-refractivity contribution in [2.45, 2.75) is 44.3 Å². The third-order valence-corrected chi connectivity index (χ3v) is 4.28. The molecule has 1 amide bonds. The van der Waals surface area contributed by atoms with Crippen molar-refractivity contribution in [2.24, 2.45) is 5.92 Å². The molecule has 0 N–H and O–H groups in total. The molecule has 5 heteroatoms. The van der Waals surface area contributed by atoms with Crippen molar-refractivity contribution in [2.75, 3.05) is 7.05 Å². The first kappa shape index (κ1) is 15.9. The third-order valence-electron chi connectivity index (χ3n) is 4.28. The number of amides is 1. The average Bonchev–Trinajstić information content (AvgIpc) is 3.27. The summed E-state index contributed by atoms with van der Waals surface area (Å²) < 4.78 is 39.7. The standard InChI is InChI=1S/C16H20F3NO/c1-11(12-8-9-12)20(2)15(21)10-14(16(17,18)19)13-6-4-3-5-7-13/h3-7,11-12,14H,8-10H2,1-2H3/t11-,14-/m1/s1. The molecule has 21 heavy (non-hydrogen) atoms. The van der Waals surface area contributed by atoms with Crippen molar-refractivity contribution in [3.8, 4) is 0 Å². The van der Waals surface area contributed by atoms with Crippen molar-refractivity contribution >= 4 is 5.91 Å². The second kappa shape index (κ2) is 6.08. The molecule has 0 spiro atoms. The van der Waals surface area contributed by atoms with Gasteiger partial charge in [-0.1, -0.05) is 30.3 Å². The number of carbonyl (C=O) groups is 1. The molecule has 1 aromatic rings. The maximum atomic E-state index is 13.2. The van der Waals surface area contributed by atoms with Gasteiger partial charge in [0.25, 0.3) is 0 Å². The number of rotatable bonds is 5. The molecule has 2 atom stereocenters. The summed E-state index contributed by atoms with van der Waals surface area (Å²) in [6, 6.07) is 7.66. The number of nitrogens with zero attached hydrogens (tertiary/aromatic N) is 1. The van der Waals surface area contributed by atoms with Gasteiger partial charge in [0.1, 0.15) is 0 Å². The summed E-state index contributed by atoms with van der Waals surface area (Å²) in [4.78, 5) is 13.6. The Morgan fingerprint density at radius 1 is 1.29 bits per heavy atom. The largest absolute Gasteiger partial charge is 0.396 e. The molecule has 0 unspecified atom stereocenters. The lowest BCUT2D eigenvalue weighted by atomic mass is 9.94. The van der Waals surface area contributed by atoms with Crippen LogP contribution in [0.3, 0.4) is 0 Å². The number of halogens is 3. The number of hydrogen-bond acceptors (Lipinski definition) is 1. The van der Waals surface area contributed by atoms with E-state index in [0.29, 0.717) is 5.92 Å². The molecule has 1 aliphatic carbocycles. The second-order valence-electron chi connectivity index (χ2n) is 5.79. The first-order chi connectivity index (χ1) is 9.80. The second-order valence-corrected chi connectivity index (χ2v) is 5.79. The van der Waals surface area contributed by atoms with E-state index < -0.39 is 24.4 Å². The van der Waals surface area contributed by atoms with Gasteiger partial charge in [0.15, 0.2) is 0 Å². The molecule has 1 aliphatic rings. The normalized spacial score (nSPS) is 18.1. The minimum Gasteiger partial charge on any atom is -0.343 e. The van der Waals surface area contributed by atoms with E-state index in [1.165, 1.54) is 17.0 Å². The first-order valence-electron chi connectivity index (χ1n) is 7.18. The predicted octanol–water partition coefficient (Wildman–Crippen LogP) is 3.98. The Kier molecular flexibility index (Phi) is 4.59. The van der Waals surface area contributed by atoms with E-state index in [2.05, 4.69) is 0 Å². The third kappa shape index (κ3) is 3.99. The Labute approximate surface area is 122 Å². The quantitative estimate of drug-likeness (QED) is 0.805. The first-order valence-corrected chi connectivity index (χ1v) is 7.18. The maximum absolute atomic E-state index is 13.2. The van der Waals surface area contributed by atoms with Gasteiger partial charge in [-0.15, -0.1) is 0 Å². The van der Waals surface area contributed by atoms with Crippen molar-refractivity contribution in [3.63, 3.8) is 0 Å². The molecular formula is C16H20F3NO. The lowest BCUT2D eigenvalue weighted by Crippen LogP contribution is -2.38. The fourth-order valence-corrected chi connectivity index (χ4v) is 2.55. The van der Waals surface area contributed by atoms with E-state index in [1.807, 2.05) is 6.92 Å². The smallest absolute Gasteiger partial charge is 0.343 e. The van der Waals surface area contributed by atoms with Gasteiger partial charge in [-0.05, 0) is 31.2 Å². The molecule has 2 nitrogen and oxygen atoms in total. The molecular weight excluding hydrogens is 279 g/mol. The predicted molar refractivity (Wildman–Crippen MR) is 74.8 cm³/mol. The van der Waals surface area contributed by atoms with Crippen LogP contribution in [0.15, 0.2) is 30.3 Å². The van der Waals surface area contributed by atoms with Crippen molar-refractivity contribution in [1.29, 1.82) is 0 Å². The van der Waals surface area contributed by atoms with Crippen molar-refractivity contribution in [1.82, 2.24) is 4.90 Å². The highest BCUT2D eigenvalue weighted by Crippen LogP contribution is 2.39. The molecule has 0 aromatic heterocycles. The molecule has 1 fully saturated rings. The van der Waals surface area contributed by atoms with Crippen LogP contribution in [0.5, 0.6) is 0 Å². The maximum Gasteiger partial charge on any atom is 0.396 e. The van der Waals surface area contributed by atoms with Gasteiger partial charge in [-0.3, -0.25) is 4.79 Å². The highest BCUT2D eigenvalue weighted by atomic mass is 19.4. The van der Waals surface area contributed by atoms with E-state index in [4.69, 9.17) is 0 Å². The summed E-state index contributed by atoms with van der Waals surface area (Å²) in [5.41, 5.74) is 0.144. The Bertz CT molecular complexity index is 482. The summed E-state index contributed by atoms with van der Waals surface area (Å²) in [5, 5.41) is 0. The number of alkyl halides is 3. The lowest BCUT2D eigenvalue weighted by molar-refractivity contribution is -0.161. The van der Waals surface area contributed by atoms with Gasteiger partial charge >= 0.3 is 6.18 Å². The fraction of sp³-hybridized carbons (Fsp3) is 0.562. The van der Waals surface area contributed by atoms with Crippen LogP contribution >= 0.6 is 0 Å². The molecule has 0 radical (unpaired) electrons. The SMILES string of the molecule is C[C@H](C1CC1)N(C)C(=O)C[C@H](c1ccccc1)C(F)(F)F. The van der Waals surface area contributed by atoms with E-state index in [-0.39, 0.29) is 11.6 Å². The van der Waals surface area contributed by atoms with Crippen molar-refractivity contribution < 1.29 is 18.0 Å². The van der Waals surface area contributed by atoms with Gasteiger partial charge in [0, 0.05) is 19.5 Å². The van der Waals surface area contributed by atoms with Gasteiger partial charge in [-0.2, -0.15) is 13.2 Å². The minimum atomic E-state index is -4.42. The highest BCUT2D eigenvalue weighted by Gasteiger charge is 2.43. The van der Waals surface area contributed by atoms with Crippen LogP contribution in [-0.2, 0) is 4.79 Å². The average molecular weight is 299 g/mol. The summed E-state index contributed by atoms with van der Waals surface area (Å²) >= 11 is 0. The summed E-state index contributed by atoms with van der Waals surface area (Å²) in [6.45, 7) is 1.90. The van der Waals surface area contributed by atoms with E-state index in [0.717, 1.165) is 12.8 Å². The Balaban J connectivity index is 2.10. The number of hydrogen-bond donors (Lipinski definition) is 0. The zero-order chi connectivity index (χ0) is 15.6. The minimum absolute atomic E-state index is 0.0159. The lowest BCUT2D eigenvalue weighted by Gasteiger charge is -2.28. The molecule has 0 aliphatic heterocycles. The Morgan fingerprint density at radius 2 is 1.86 bits per heavy atom. The number of carbonyl (C=O) groups excluding carboxylic acids is 1. The molecule has 1 aromatic carbocycles.